The first kappa shape index (κ1) is 29.6. The number of fused-ring (bicyclic) bond motifs is 2. The van der Waals surface area contributed by atoms with Crippen LogP contribution in [0, 0.1) is 5.92 Å². The molecule has 9 heteroatoms. The number of aliphatic hydroxyl groups excluding tert-OH is 1. The summed E-state index contributed by atoms with van der Waals surface area (Å²) >= 11 is 0. The molecule has 0 saturated carbocycles. The molecule has 2 aliphatic heterocycles. The summed E-state index contributed by atoms with van der Waals surface area (Å²) in [6, 6.07) is 15.2. The molecule has 4 rings (SSSR count). The SMILES string of the molecule is CCC(C)[C@@H]1NCCOc2ccccc2CCCNC(=O)[C@@H](Cc2ccccc2)NC(=O)[C@H]2C[C@H](O)CN2C1=O. The number of hydrogen-bond acceptors (Lipinski definition) is 6. The highest BCUT2D eigenvalue weighted by molar-refractivity contribution is 5.93. The molecule has 3 amide bonds. The van der Waals surface area contributed by atoms with Gasteiger partial charge in [0.15, 0.2) is 0 Å². The van der Waals surface area contributed by atoms with E-state index >= 15 is 0 Å². The maximum Gasteiger partial charge on any atom is 0.243 e. The van der Waals surface area contributed by atoms with Crippen LogP contribution >= 0.6 is 0 Å². The monoisotopic (exact) mass is 550 g/mol. The van der Waals surface area contributed by atoms with Crippen LogP contribution in [0.3, 0.4) is 0 Å². The van der Waals surface area contributed by atoms with Crippen molar-refractivity contribution in [1.82, 2.24) is 20.9 Å². The van der Waals surface area contributed by atoms with Gasteiger partial charge in [0.1, 0.15) is 24.4 Å². The number of hydrogen-bond donors (Lipinski definition) is 4. The summed E-state index contributed by atoms with van der Waals surface area (Å²) < 4.78 is 6.08. The zero-order chi connectivity index (χ0) is 28.5. The molecule has 0 bridgehead atoms. The van der Waals surface area contributed by atoms with Crippen LogP contribution in [0.1, 0.15) is 44.2 Å². The van der Waals surface area contributed by atoms with Gasteiger partial charge in [0.2, 0.25) is 17.7 Å². The summed E-state index contributed by atoms with van der Waals surface area (Å²) in [6.45, 7) is 5.37. The number of aliphatic hydroxyl groups is 1. The maximum atomic E-state index is 13.8. The second kappa shape index (κ2) is 14.3. The Morgan fingerprint density at radius 3 is 2.55 bits per heavy atom. The van der Waals surface area contributed by atoms with E-state index in [-0.39, 0.29) is 30.7 Å². The molecule has 5 atom stereocenters. The molecule has 0 radical (unpaired) electrons. The highest BCUT2D eigenvalue weighted by atomic mass is 16.5. The molecule has 0 aromatic heterocycles. The number of ether oxygens (including phenoxy) is 1. The van der Waals surface area contributed by atoms with Crippen molar-refractivity contribution in [3.05, 3.63) is 65.7 Å². The molecule has 1 fully saturated rings. The molecular weight excluding hydrogens is 508 g/mol. The zero-order valence-electron chi connectivity index (χ0n) is 23.5. The third kappa shape index (κ3) is 7.61. The first-order valence-corrected chi connectivity index (χ1v) is 14.4. The topological polar surface area (TPSA) is 120 Å². The van der Waals surface area contributed by atoms with Gasteiger partial charge in [-0.1, -0.05) is 68.8 Å². The second-order valence-corrected chi connectivity index (χ2v) is 10.8. The van der Waals surface area contributed by atoms with Crippen LogP contribution in [0.5, 0.6) is 5.75 Å². The molecular formula is C31H42N4O5. The van der Waals surface area contributed by atoms with E-state index in [1.165, 1.54) is 4.90 Å². The number of nitrogens with zero attached hydrogens (tertiary/aromatic N) is 1. The van der Waals surface area contributed by atoms with Gasteiger partial charge in [-0.25, -0.2) is 0 Å². The molecule has 2 heterocycles. The Bertz CT molecular complexity index is 1140. The summed E-state index contributed by atoms with van der Waals surface area (Å²) in [5, 5.41) is 19.7. The number of carbonyl (C=O) groups excluding carboxylic acids is 3. The van der Waals surface area contributed by atoms with Gasteiger partial charge in [0, 0.05) is 32.5 Å². The Hall–Kier alpha value is -3.43. The van der Waals surface area contributed by atoms with Gasteiger partial charge < -0.3 is 30.7 Å². The average molecular weight is 551 g/mol. The van der Waals surface area contributed by atoms with Crippen molar-refractivity contribution in [2.45, 2.75) is 70.2 Å². The molecule has 0 aliphatic carbocycles. The lowest BCUT2D eigenvalue weighted by Crippen LogP contribution is -2.57. The minimum Gasteiger partial charge on any atom is -0.492 e. The van der Waals surface area contributed by atoms with Gasteiger partial charge in [-0.05, 0) is 36.0 Å². The van der Waals surface area contributed by atoms with E-state index in [1.54, 1.807) is 0 Å². The van der Waals surface area contributed by atoms with Crippen LogP contribution in [-0.2, 0) is 27.2 Å². The Morgan fingerprint density at radius 1 is 1.02 bits per heavy atom. The molecule has 9 nitrogen and oxygen atoms in total. The van der Waals surface area contributed by atoms with Gasteiger partial charge >= 0.3 is 0 Å². The van der Waals surface area contributed by atoms with Crippen LogP contribution in [-0.4, -0.2) is 78.2 Å². The van der Waals surface area contributed by atoms with Gasteiger partial charge in [-0.3, -0.25) is 14.4 Å². The largest absolute Gasteiger partial charge is 0.492 e. The van der Waals surface area contributed by atoms with Gasteiger partial charge in [0.25, 0.3) is 0 Å². The fourth-order valence-corrected chi connectivity index (χ4v) is 5.42. The molecule has 2 aromatic carbocycles. The predicted octanol–water partition coefficient (Wildman–Crippen LogP) is 1.82. The fourth-order valence-electron chi connectivity index (χ4n) is 5.42. The smallest absolute Gasteiger partial charge is 0.243 e. The van der Waals surface area contributed by atoms with Crippen molar-refractivity contribution in [3.8, 4) is 5.75 Å². The Morgan fingerprint density at radius 2 is 1.77 bits per heavy atom. The van der Waals surface area contributed by atoms with Gasteiger partial charge in [-0.15, -0.1) is 0 Å². The summed E-state index contributed by atoms with van der Waals surface area (Å²) in [5.41, 5.74) is 1.96. The van der Waals surface area contributed by atoms with Crippen LogP contribution < -0.4 is 20.7 Å². The predicted molar refractivity (Wildman–Crippen MR) is 153 cm³/mol. The first-order valence-electron chi connectivity index (χ1n) is 14.4. The van der Waals surface area contributed by atoms with E-state index in [2.05, 4.69) is 16.0 Å². The molecule has 2 aliphatic rings. The summed E-state index contributed by atoms with van der Waals surface area (Å²) in [5.74, 6) is -0.138. The van der Waals surface area contributed by atoms with Crippen molar-refractivity contribution in [2.75, 3.05) is 26.2 Å². The van der Waals surface area contributed by atoms with Gasteiger partial charge in [-0.2, -0.15) is 0 Å². The van der Waals surface area contributed by atoms with Crippen molar-refractivity contribution in [1.29, 1.82) is 0 Å². The molecule has 4 N–H and O–H groups in total. The lowest BCUT2D eigenvalue weighted by atomic mass is 9.97. The standard InChI is InChI=1S/C31H42N4O5/c1-3-21(2)28-31(39)35-20-24(36)19-26(35)30(38)34-25(18-22-10-5-4-6-11-22)29(37)33-15-9-13-23-12-7-8-14-27(23)40-17-16-32-28/h4-8,10-12,14,21,24-26,28,32,36H,3,9,13,15-20H2,1-2H3,(H,33,37)(H,34,38)/t21?,24-,25+,26+,28-/m0/s1. The normalized spacial score (nSPS) is 25.9. The molecule has 1 unspecified atom stereocenters. The van der Waals surface area contributed by atoms with E-state index in [0.717, 1.165) is 29.7 Å². The van der Waals surface area contributed by atoms with Crippen molar-refractivity contribution in [3.63, 3.8) is 0 Å². The van der Waals surface area contributed by atoms with Crippen molar-refractivity contribution < 1.29 is 24.2 Å². The van der Waals surface area contributed by atoms with Crippen molar-refractivity contribution in [2.24, 2.45) is 5.92 Å². The Kier molecular flexibility index (Phi) is 10.5. The molecule has 2 aromatic rings. The number of aryl methyl sites for hydroxylation is 1. The van der Waals surface area contributed by atoms with Gasteiger partial charge in [0.05, 0.1) is 12.1 Å². The zero-order valence-corrected chi connectivity index (χ0v) is 23.5. The van der Waals surface area contributed by atoms with E-state index in [4.69, 9.17) is 4.74 Å². The van der Waals surface area contributed by atoms with E-state index in [9.17, 15) is 19.5 Å². The highest BCUT2D eigenvalue weighted by Crippen LogP contribution is 2.23. The molecule has 40 heavy (non-hydrogen) atoms. The molecule has 1 saturated heterocycles. The second-order valence-electron chi connectivity index (χ2n) is 10.8. The summed E-state index contributed by atoms with van der Waals surface area (Å²) in [4.78, 5) is 42.2. The lowest BCUT2D eigenvalue weighted by molar-refractivity contribution is -0.141. The van der Waals surface area contributed by atoms with Crippen LogP contribution in [0.15, 0.2) is 54.6 Å². The number of carbonyl (C=O) groups is 3. The number of amides is 3. The van der Waals surface area contributed by atoms with E-state index < -0.39 is 30.1 Å². The quantitative estimate of drug-likeness (QED) is 0.461. The van der Waals surface area contributed by atoms with Crippen molar-refractivity contribution >= 4 is 17.7 Å². The third-order valence-corrected chi connectivity index (χ3v) is 7.88. The molecule has 0 spiro atoms. The van der Waals surface area contributed by atoms with E-state index in [0.29, 0.717) is 32.5 Å². The Balaban J connectivity index is 1.60. The van der Waals surface area contributed by atoms with Crippen LogP contribution in [0.25, 0.3) is 0 Å². The number of benzene rings is 2. The summed E-state index contributed by atoms with van der Waals surface area (Å²) in [7, 11) is 0. The third-order valence-electron chi connectivity index (χ3n) is 7.88. The first-order chi connectivity index (χ1) is 19.4. The van der Waals surface area contributed by atoms with Crippen LogP contribution in [0.4, 0.5) is 0 Å². The van der Waals surface area contributed by atoms with Crippen LogP contribution in [0.2, 0.25) is 0 Å². The minimum atomic E-state index is -0.857. The number of nitrogens with one attached hydrogen (secondary N) is 3. The van der Waals surface area contributed by atoms with E-state index in [1.807, 2.05) is 68.4 Å². The maximum absolute atomic E-state index is 13.8. The lowest BCUT2D eigenvalue weighted by Gasteiger charge is -2.32. The minimum absolute atomic E-state index is 0.00319. The molecule has 216 valence electrons. The highest BCUT2D eigenvalue weighted by Gasteiger charge is 2.42. The summed E-state index contributed by atoms with van der Waals surface area (Å²) in [6.07, 6.45) is 1.83. The fraction of sp³-hybridized carbons (Fsp3) is 0.516. The Labute approximate surface area is 236 Å². The number of rotatable bonds is 4. The average Bonchev–Trinajstić information content (AvgIpc) is 3.36. The number of para-hydroxylation sites is 1.